The van der Waals surface area contributed by atoms with Gasteiger partial charge in [0.1, 0.15) is 12.2 Å². The molecule has 6 atom stereocenters. The summed E-state index contributed by atoms with van der Waals surface area (Å²) in [5.74, 6) is 0.541. The first-order valence-electron chi connectivity index (χ1n) is 20.4. The summed E-state index contributed by atoms with van der Waals surface area (Å²) in [6, 6.07) is 11.2. The van der Waals surface area contributed by atoms with Crippen molar-refractivity contribution in [1.82, 2.24) is 29.9 Å². The topological polar surface area (TPSA) is 200 Å². The maximum atomic E-state index is 12.1. The maximum Gasteiger partial charge on any atom is 0.340 e. The number of pyridine rings is 6. The Bertz CT molecular complexity index is 2410. The Balaban J connectivity index is 0.000000181. The molecule has 6 aromatic heterocycles. The number of rotatable bonds is 10. The van der Waals surface area contributed by atoms with Crippen LogP contribution in [0.2, 0.25) is 0 Å². The van der Waals surface area contributed by atoms with Gasteiger partial charge in [-0.05, 0) is 85.0 Å². The van der Waals surface area contributed by atoms with E-state index in [4.69, 9.17) is 40.4 Å². The molecule has 0 aliphatic carbocycles. The van der Waals surface area contributed by atoms with Gasteiger partial charge in [-0.1, -0.05) is 27.7 Å². The second-order valence-electron chi connectivity index (χ2n) is 15.5. The molecule has 0 saturated carbocycles. The molecule has 0 amide bonds. The molecule has 0 saturated heterocycles. The molecule has 6 aromatic rings. The number of ether oxygens (including phenoxy) is 4. The lowest BCUT2D eigenvalue weighted by atomic mass is 9.93. The number of aromatic nitrogens is 6. The van der Waals surface area contributed by atoms with Gasteiger partial charge in [0, 0.05) is 84.3 Å². The fraction of sp³-hybridized carbons (Fsp3) is 0.391. The van der Waals surface area contributed by atoms with Crippen LogP contribution in [0.3, 0.4) is 0 Å². The lowest BCUT2D eigenvalue weighted by Gasteiger charge is -2.27. The van der Waals surface area contributed by atoms with Gasteiger partial charge < -0.3 is 30.4 Å². The van der Waals surface area contributed by atoms with Gasteiger partial charge in [0.25, 0.3) is 0 Å². The van der Waals surface area contributed by atoms with Crippen LogP contribution in [-0.2, 0) is 22.3 Å². The molecule has 60 heavy (non-hydrogen) atoms. The molecule has 0 fully saturated rings. The summed E-state index contributed by atoms with van der Waals surface area (Å²) >= 11 is 0. The molecule has 312 valence electrons. The highest BCUT2D eigenvalue weighted by atomic mass is 16.5. The Labute approximate surface area is 349 Å². The number of cyclic esters (lactones) is 2. The first-order valence-corrected chi connectivity index (χ1v) is 20.4. The van der Waals surface area contributed by atoms with E-state index < -0.39 is 0 Å². The molecule has 0 spiro atoms. The third-order valence-electron chi connectivity index (χ3n) is 11.7. The minimum Gasteiger partial charge on any atom is -0.481 e. The molecule has 0 aromatic carbocycles. The monoisotopic (exact) mass is 812 g/mol. The normalized spacial score (nSPS) is 19.3. The second-order valence-corrected chi connectivity index (χ2v) is 15.5. The SMILES string of the molecule is CC[C@@H](N)c1cnc(OC)c2cnc(Cc3ccc4c(n3)[C@@H](C)[C@H](C)OC4=O)cc12.CC[C@H](N)c1cnc(OC)c2cnc(Cc3ccc4c(n3)[C@@H](C)[C@H](C)OC4=O)cc12. The first-order chi connectivity index (χ1) is 28.8. The molecule has 0 bridgehead atoms. The van der Waals surface area contributed by atoms with Crippen molar-refractivity contribution in [1.29, 1.82) is 0 Å². The van der Waals surface area contributed by atoms with Crippen molar-refractivity contribution < 1.29 is 28.5 Å². The molecule has 14 nitrogen and oxygen atoms in total. The fourth-order valence-corrected chi connectivity index (χ4v) is 7.65. The highest BCUT2D eigenvalue weighted by molar-refractivity contribution is 5.93. The summed E-state index contributed by atoms with van der Waals surface area (Å²) in [7, 11) is 3.19. The van der Waals surface area contributed by atoms with Crippen molar-refractivity contribution in [3.8, 4) is 11.8 Å². The van der Waals surface area contributed by atoms with E-state index in [1.165, 1.54) is 0 Å². The van der Waals surface area contributed by atoms with Gasteiger partial charge in [0.05, 0.1) is 47.5 Å². The van der Waals surface area contributed by atoms with Crippen molar-refractivity contribution in [3.05, 3.63) is 118 Å². The zero-order valence-electron chi connectivity index (χ0n) is 35.4. The molecule has 14 heteroatoms. The van der Waals surface area contributed by atoms with E-state index in [2.05, 4.69) is 19.9 Å². The molecule has 8 rings (SSSR count). The summed E-state index contributed by atoms with van der Waals surface area (Å²) in [6.45, 7) is 11.9. The Morgan fingerprint density at radius 3 is 1.35 bits per heavy atom. The predicted molar refractivity (Wildman–Crippen MR) is 227 cm³/mol. The van der Waals surface area contributed by atoms with Crippen LogP contribution in [0.5, 0.6) is 11.8 Å². The fourth-order valence-electron chi connectivity index (χ4n) is 7.65. The Morgan fingerprint density at radius 2 is 0.983 bits per heavy atom. The van der Waals surface area contributed by atoms with E-state index in [0.29, 0.717) is 35.7 Å². The number of carbonyl (C=O) groups is 2. The van der Waals surface area contributed by atoms with Crippen molar-refractivity contribution in [3.63, 3.8) is 0 Å². The van der Waals surface area contributed by atoms with Crippen LogP contribution in [-0.4, -0.2) is 68.3 Å². The number of hydrogen-bond acceptors (Lipinski definition) is 14. The average molecular weight is 813 g/mol. The second kappa shape index (κ2) is 17.6. The third-order valence-corrected chi connectivity index (χ3v) is 11.7. The largest absolute Gasteiger partial charge is 0.481 e. The van der Waals surface area contributed by atoms with Gasteiger partial charge in [-0.2, -0.15) is 0 Å². The Kier molecular flexibility index (Phi) is 12.3. The van der Waals surface area contributed by atoms with Crippen molar-refractivity contribution in [2.75, 3.05) is 14.2 Å². The van der Waals surface area contributed by atoms with E-state index in [-0.39, 0.29) is 48.1 Å². The lowest BCUT2D eigenvalue weighted by molar-refractivity contribution is 0.0225. The lowest BCUT2D eigenvalue weighted by Crippen LogP contribution is -2.29. The van der Waals surface area contributed by atoms with E-state index in [0.717, 1.165) is 79.7 Å². The molecule has 0 radical (unpaired) electrons. The number of carbonyl (C=O) groups excluding carboxylic acids is 2. The Hall–Kier alpha value is -6.12. The zero-order chi connectivity index (χ0) is 42.8. The van der Waals surface area contributed by atoms with E-state index >= 15 is 0 Å². The molecular weight excluding hydrogens is 761 g/mol. The highest BCUT2D eigenvalue weighted by Gasteiger charge is 2.33. The average Bonchev–Trinajstić information content (AvgIpc) is 3.26. The summed E-state index contributed by atoms with van der Waals surface area (Å²) in [5, 5.41) is 3.66. The summed E-state index contributed by atoms with van der Waals surface area (Å²) in [5.41, 5.74) is 20.7. The maximum absolute atomic E-state index is 12.1. The molecule has 2 aliphatic rings. The van der Waals surface area contributed by atoms with Crippen LogP contribution >= 0.6 is 0 Å². The minimum atomic E-state index is -0.309. The van der Waals surface area contributed by atoms with Crippen LogP contribution < -0.4 is 20.9 Å². The van der Waals surface area contributed by atoms with E-state index in [1.807, 2.05) is 65.8 Å². The van der Waals surface area contributed by atoms with Gasteiger partial charge in [0.15, 0.2) is 0 Å². The van der Waals surface area contributed by atoms with Crippen LogP contribution in [0.4, 0.5) is 0 Å². The summed E-state index contributed by atoms with van der Waals surface area (Å²) in [4.78, 5) is 51.8. The van der Waals surface area contributed by atoms with Gasteiger partial charge in [-0.25, -0.2) is 19.6 Å². The van der Waals surface area contributed by atoms with Crippen molar-refractivity contribution >= 4 is 33.5 Å². The number of nitrogens with two attached hydrogens (primary N) is 2. The first kappa shape index (κ1) is 42.0. The molecule has 4 N–H and O–H groups in total. The quantitative estimate of drug-likeness (QED) is 0.130. The van der Waals surface area contributed by atoms with E-state index in [1.54, 1.807) is 51.1 Å². The van der Waals surface area contributed by atoms with Crippen LogP contribution in [0.15, 0.2) is 61.2 Å². The smallest absolute Gasteiger partial charge is 0.340 e. The summed E-state index contributed by atoms with van der Waals surface area (Å²) < 4.78 is 21.6. The highest BCUT2D eigenvalue weighted by Crippen LogP contribution is 2.34. The number of nitrogens with zero attached hydrogens (tertiary/aromatic N) is 6. The third kappa shape index (κ3) is 8.21. The standard InChI is InChI=1S/2C23H26N4O3/c2*1-5-20(24)18-10-26-22(29-4)19-11-25-15(9-17(18)19)8-14-6-7-16-21(27-14)12(2)13(3)30-23(16)28/h2*6-7,9-13,20H,5,8,24H2,1-4H3/t12-,13-,20+;12-,13-,20-/m00/s1. The molecule has 0 unspecified atom stereocenters. The zero-order valence-corrected chi connectivity index (χ0v) is 35.4. The van der Waals surface area contributed by atoms with Gasteiger partial charge in [-0.3, -0.25) is 19.9 Å². The van der Waals surface area contributed by atoms with Crippen LogP contribution in [0, 0.1) is 0 Å². The number of esters is 2. The van der Waals surface area contributed by atoms with Gasteiger partial charge in [-0.15, -0.1) is 0 Å². The van der Waals surface area contributed by atoms with Crippen LogP contribution in [0.1, 0.15) is 144 Å². The minimum absolute atomic E-state index is 0.0479. The van der Waals surface area contributed by atoms with Crippen molar-refractivity contribution in [2.24, 2.45) is 11.5 Å². The molecule has 8 heterocycles. The Morgan fingerprint density at radius 1 is 0.583 bits per heavy atom. The number of hydrogen-bond donors (Lipinski definition) is 2. The van der Waals surface area contributed by atoms with Gasteiger partial charge >= 0.3 is 11.9 Å². The number of fused-ring (bicyclic) bond motifs is 4. The molecular formula is C46H52N8O6. The summed E-state index contributed by atoms with van der Waals surface area (Å²) in [6.07, 6.45) is 9.45. The number of methoxy groups -OCH3 is 2. The predicted octanol–water partition coefficient (Wildman–Crippen LogP) is 7.39. The van der Waals surface area contributed by atoms with Crippen LogP contribution in [0.25, 0.3) is 21.5 Å². The van der Waals surface area contributed by atoms with E-state index in [9.17, 15) is 9.59 Å². The molecule has 2 aliphatic heterocycles. The van der Waals surface area contributed by atoms with Gasteiger partial charge in [0.2, 0.25) is 11.8 Å². The van der Waals surface area contributed by atoms with Crippen molar-refractivity contribution in [2.45, 2.75) is 103 Å².